The van der Waals surface area contributed by atoms with Gasteiger partial charge in [0.05, 0.1) is 13.2 Å². The number of nitrogens with one attached hydrogen (secondary N) is 1. The molecular formula is C20H28N4O4. The number of carbonyl (C=O) groups excluding carboxylic acids is 1. The van der Waals surface area contributed by atoms with Crippen LogP contribution in [0.4, 0.5) is 11.5 Å². The van der Waals surface area contributed by atoms with Crippen molar-refractivity contribution in [2.45, 2.75) is 33.2 Å². The van der Waals surface area contributed by atoms with Gasteiger partial charge in [0.15, 0.2) is 5.69 Å². The lowest BCUT2D eigenvalue weighted by Gasteiger charge is -2.24. The number of amides is 1. The second-order valence-electron chi connectivity index (χ2n) is 7.04. The van der Waals surface area contributed by atoms with E-state index in [-0.39, 0.29) is 43.5 Å². The minimum atomic E-state index is -0.680. The fourth-order valence-corrected chi connectivity index (χ4v) is 2.85. The van der Waals surface area contributed by atoms with Crippen LogP contribution in [0.15, 0.2) is 39.9 Å². The smallest absolute Gasteiger partial charge is 0.330 e. The summed E-state index contributed by atoms with van der Waals surface area (Å²) >= 11 is 0. The van der Waals surface area contributed by atoms with E-state index in [4.69, 9.17) is 10.5 Å². The monoisotopic (exact) mass is 388 g/mol. The van der Waals surface area contributed by atoms with Crippen LogP contribution in [0.3, 0.4) is 0 Å². The molecule has 2 aromatic rings. The Morgan fingerprint density at radius 3 is 2.54 bits per heavy atom. The number of aromatic amines is 1. The Hall–Kier alpha value is -2.87. The van der Waals surface area contributed by atoms with Crippen molar-refractivity contribution in [3.63, 3.8) is 0 Å². The van der Waals surface area contributed by atoms with Crippen molar-refractivity contribution >= 4 is 17.4 Å². The third-order valence-electron chi connectivity index (χ3n) is 4.42. The van der Waals surface area contributed by atoms with Crippen LogP contribution >= 0.6 is 0 Å². The van der Waals surface area contributed by atoms with E-state index in [0.29, 0.717) is 12.3 Å². The molecule has 1 aromatic carbocycles. The lowest BCUT2D eigenvalue weighted by atomic mass is 10.1. The number of hydrogen-bond donors (Lipinski definition) is 2. The van der Waals surface area contributed by atoms with Crippen LogP contribution in [-0.2, 0) is 16.1 Å². The van der Waals surface area contributed by atoms with Crippen molar-refractivity contribution in [1.29, 1.82) is 0 Å². The second kappa shape index (κ2) is 9.89. The third kappa shape index (κ3) is 5.32. The molecule has 0 saturated heterocycles. The van der Waals surface area contributed by atoms with Gasteiger partial charge in [-0.25, -0.2) is 4.79 Å². The molecule has 8 nitrogen and oxygen atoms in total. The van der Waals surface area contributed by atoms with Crippen LogP contribution < -0.4 is 21.9 Å². The molecule has 0 radical (unpaired) electrons. The van der Waals surface area contributed by atoms with Crippen molar-refractivity contribution in [1.82, 2.24) is 9.55 Å². The highest BCUT2D eigenvalue weighted by Gasteiger charge is 2.24. The highest BCUT2D eigenvalue weighted by molar-refractivity contribution is 5.95. The summed E-state index contributed by atoms with van der Waals surface area (Å²) in [6.07, 6.45) is 0.960. The first-order chi connectivity index (χ1) is 13.3. The molecule has 0 atom stereocenters. The Bertz CT molecular complexity index is 903. The number of nitrogens with two attached hydrogens (primary N) is 1. The van der Waals surface area contributed by atoms with Crippen LogP contribution in [0.5, 0.6) is 0 Å². The van der Waals surface area contributed by atoms with Gasteiger partial charge >= 0.3 is 5.69 Å². The lowest BCUT2D eigenvalue weighted by Crippen LogP contribution is -2.42. The highest BCUT2D eigenvalue weighted by Crippen LogP contribution is 2.19. The maximum absolute atomic E-state index is 12.8. The average Bonchev–Trinajstić information content (AvgIpc) is 2.66. The number of nitrogens with zero attached hydrogens (tertiary/aromatic N) is 2. The van der Waals surface area contributed by atoms with Gasteiger partial charge in [0.1, 0.15) is 5.82 Å². The van der Waals surface area contributed by atoms with Crippen molar-refractivity contribution in [2.24, 2.45) is 5.92 Å². The fraction of sp³-hybridized carbons (Fsp3) is 0.450. The summed E-state index contributed by atoms with van der Waals surface area (Å²) in [5, 5.41) is 0. The van der Waals surface area contributed by atoms with Gasteiger partial charge in [0, 0.05) is 20.1 Å². The normalized spacial score (nSPS) is 11.0. The average molecular weight is 388 g/mol. The molecule has 2 rings (SSSR count). The first-order valence-electron chi connectivity index (χ1n) is 9.31. The summed E-state index contributed by atoms with van der Waals surface area (Å²) in [5.74, 6) is 0.0790. The number of ether oxygens (including phenoxy) is 1. The predicted molar refractivity (Wildman–Crippen MR) is 110 cm³/mol. The number of anilines is 2. The van der Waals surface area contributed by atoms with Crippen LogP contribution in [0.2, 0.25) is 0 Å². The number of methoxy groups -OCH3 is 1. The molecule has 1 aromatic heterocycles. The standard InChI is InChI=1S/C20H28N4O4/c1-14(2)9-10-16(25)23(11-12-28-3)17-18(21)24(20(27)22-19(17)26)13-15-7-5-4-6-8-15/h4-8,14H,9-13,21H2,1-3H3,(H,22,26,27). The van der Waals surface area contributed by atoms with Gasteiger partial charge in [-0.05, 0) is 17.9 Å². The van der Waals surface area contributed by atoms with Crippen LogP contribution in [0.25, 0.3) is 0 Å². The molecule has 28 heavy (non-hydrogen) atoms. The Balaban J connectivity index is 2.47. The molecule has 0 spiro atoms. The van der Waals surface area contributed by atoms with Gasteiger partial charge in [-0.1, -0.05) is 44.2 Å². The molecule has 3 N–H and O–H groups in total. The maximum atomic E-state index is 12.8. The fourth-order valence-electron chi connectivity index (χ4n) is 2.85. The molecule has 0 unspecified atom stereocenters. The molecule has 1 heterocycles. The zero-order valence-electron chi connectivity index (χ0n) is 16.6. The minimum Gasteiger partial charge on any atom is -0.383 e. The Morgan fingerprint density at radius 2 is 1.93 bits per heavy atom. The van der Waals surface area contributed by atoms with E-state index in [2.05, 4.69) is 4.98 Å². The van der Waals surface area contributed by atoms with E-state index in [1.165, 1.54) is 16.6 Å². The van der Waals surface area contributed by atoms with Crippen molar-refractivity contribution in [2.75, 3.05) is 30.9 Å². The Kier molecular flexibility index (Phi) is 7.57. The number of rotatable bonds is 9. The van der Waals surface area contributed by atoms with Crippen LogP contribution in [0, 0.1) is 5.92 Å². The highest BCUT2D eigenvalue weighted by atomic mass is 16.5. The molecule has 0 saturated carbocycles. The van der Waals surface area contributed by atoms with Gasteiger partial charge in [0.2, 0.25) is 5.91 Å². The summed E-state index contributed by atoms with van der Waals surface area (Å²) in [6, 6.07) is 9.28. The first-order valence-corrected chi connectivity index (χ1v) is 9.31. The Labute approximate surface area is 163 Å². The predicted octanol–water partition coefficient (Wildman–Crippen LogP) is 1.58. The minimum absolute atomic E-state index is 0.0127. The number of benzene rings is 1. The third-order valence-corrected chi connectivity index (χ3v) is 4.42. The topological polar surface area (TPSA) is 110 Å². The van der Waals surface area contributed by atoms with Crippen LogP contribution in [-0.4, -0.2) is 35.7 Å². The van der Waals surface area contributed by atoms with E-state index in [1.54, 1.807) is 0 Å². The second-order valence-corrected chi connectivity index (χ2v) is 7.04. The van der Waals surface area contributed by atoms with E-state index >= 15 is 0 Å². The first kappa shape index (κ1) is 21.4. The molecule has 1 amide bonds. The zero-order chi connectivity index (χ0) is 20.7. The van der Waals surface area contributed by atoms with Gasteiger partial charge in [-0.15, -0.1) is 0 Å². The number of nitrogen functional groups attached to an aromatic ring is 1. The summed E-state index contributed by atoms with van der Waals surface area (Å²) in [7, 11) is 1.51. The molecule has 8 heteroatoms. The number of hydrogen-bond acceptors (Lipinski definition) is 5. The van der Waals surface area contributed by atoms with E-state index in [9.17, 15) is 14.4 Å². The van der Waals surface area contributed by atoms with Crippen molar-refractivity contribution in [3.8, 4) is 0 Å². The summed E-state index contributed by atoms with van der Waals surface area (Å²) in [4.78, 5) is 41.3. The molecule has 0 fully saturated rings. The molecule has 152 valence electrons. The maximum Gasteiger partial charge on any atom is 0.330 e. The van der Waals surface area contributed by atoms with E-state index in [1.807, 2.05) is 44.2 Å². The number of H-pyrrole nitrogens is 1. The number of carbonyl (C=O) groups is 1. The molecule has 0 bridgehead atoms. The summed E-state index contributed by atoms with van der Waals surface area (Å²) < 4.78 is 6.35. The van der Waals surface area contributed by atoms with Gasteiger partial charge in [-0.3, -0.25) is 19.1 Å². The van der Waals surface area contributed by atoms with E-state index < -0.39 is 11.2 Å². The van der Waals surface area contributed by atoms with Crippen molar-refractivity contribution < 1.29 is 9.53 Å². The van der Waals surface area contributed by atoms with Crippen molar-refractivity contribution in [3.05, 3.63) is 56.7 Å². The van der Waals surface area contributed by atoms with Gasteiger partial charge in [0.25, 0.3) is 5.56 Å². The van der Waals surface area contributed by atoms with Gasteiger partial charge in [-0.2, -0.15) is 0 Å². The summed E-state index contributed by atoms with van der Waals surface area (Å²) in [6.45, 7) is 4.64. The quantitative estimate of drug-likeness (QED) is 0.678. The SMILES string of the molecule is COCCN(C(=O)CCC(C)C)c1c(N)n(Cc2ccccc2)c(=O)[nH]c1=O. The lowest BCUT2D eigenvalue weighted by molar-refractivity contribution is -0.119. The number of aromatic nitrogens is 2. The summed E-state index contributed by atoms with van der Waals surface area (Å²) in [5.41, 5.74) is 5.75. The zero-order valence-corrected chi connectivity index (χ0v) is 16.6. The molecule has 0 aliphatic rings. The molecule has 0 aliphatic carbocycles. The van der Waals surface area contributed by atoms with Crippen LogP contribution in [0.1, 0.15) is 32.3 Å². The largest absolute Gasteiger partial charge is 0.383 e. The molecule has 0 aliphatic heterocycles. The van der Waals surface area contributed by atoms with E-state index in [0.717, 1.165) is 5.56 Å². The molecular weight excluding hydrogens is 360 g/mol. The Morgan fingerprint density at radius 1 is 1.25 bits per heavy atom. The van der Waals surface area contributed by atoms with Gasteiger partial charge < -0.3 is 15.4 Å².